The van der Waals surface area contributed by atoms with Crippen molar-refractivity contribution in [3.8, 4) is 5.75 Å². The molecule has 1 aromatic rings. The van der Waals surface area contributed by atoms with Crippen LogP contribution in [0.15, 0.2) is 18.2 Å². The van der Waals surface area contributed by atoms with E-state index in [4.69, 9.17) is 4.74 Å². The summed E-state index contributed by atoms with van der Waals surface area (Å²) < 4.78 is 5.65. The SMILES string of the molecule is Cc1ccc(C)c(OC[C@H](O)CNC(C)(C)C)c1. The van der Waals surface area contributed by atoms with E-state index in [9.17, 15) is 5.11 Å². The van der Waals surface area contributed by atoms with Crippen LogP contribution < -0.4 is 10.1 Å². The van der Waals surface area contributed by atoms with Gasteiger partial charge in [-0.2, -0.15) is 0 Å². The van der Waals surface area contributed by atoms with Crippen molar-refractivity contribution in [3.63, 3.8) is 0 Å². The topological polar surface area (TPSA) is 41.5 Å². The molecule has 18 heavy (non-hydrogen) atoms. The third-order valence-electron chi connectivity index (χ3n) is 2.64. The van der Waals surface area contributed by atoms with Gasteiger partial charge in [0.1, 0.15) is 18.5 Å². The number of rotatable bonds is 5. The molecule has 1 atom stereocenters. The normalized spacial score (nSPS) is 13.4. The van der Waals surface area contributed by atoms with Gasteiger partial charge in [-0.15, -0.1) is 0 Å². The zero-order valence-electron chi connectivity index (χ0n) is 12.1. The Kier molecular flexibility index (Phi) is 5.17. The number of β-amino-alcohol motifs (C(OH)–C–C–N with tert-alkyl or cyclic N) is 1. The van der Waals surface area contributed by atoms with E-state index < -0.39 is 6.10 Å². The molecule has 0 amide bonds. The van der Waals surface area contributed by atoms with Crippen LogP contribution in [0.25, 0.3) is 0 Å². The molecule has 0 saturated carbocycles. The molecule has 3 heteroatoms. The summed E-state index contributed by atoms with van der Waals surface area (Å²) in [6, 6.07) is 6.09. The molecule has 0 unspecified atom stereocenters. The second kappa shape index (κ2) is 6.21. The van der Waals surface area contributed by atoms with Crippen molar-refractivity contribution in [1.82, 2.24) is 5.32 Å². The Morgan fingerprint density at radius 3 is 2.56 bits per heavy atom. The first-order chi connectivity index (χ1) is 8.28. The summed E-state index contributed by atoms with van der Waals surface area (Å²) in [5.41, 5.74) is 2.27. The maximum absolute atomic E-state index is 9.85. The lowest BCUT2D eigenvalue weighted by molar-refractivity contribution is 0.0997. The fourth-order valence-electron chi connectivity index (χ4n) is 1.53. The maximum atomic E-state index is 9.85. The molecule has 0 aliphatic rings. The zero-order chi connectivity index (χ0) is 13.8. The minimum atomic E-state index is -0.496. The lowest BCUT2D eigenvalue weighted by Gasteiger charge is -2.23. The van der Waals surface area contributed by atoms with Crippen LogP contribution in [-0.2, 0) is 0 Å². The Bertz CT molecular complexity index is 383. The summed E-state index contributed by atoms with van der Waals surface area (Å²) in [5, 5.41) is 13.1. The Morgan fingerprint density at radius 2 is 1.94 bits per heavy atom. The van der Waals surface area contributed by atoms with Crippen LogP contribution in [0.2, 0.25) is 0 Å². The summed E-state index contributed by atoms with van der Waals surface area (Å²) in [6.07, 6.45) is -0.496. The predicted octanol–water partition coefficient (Wildman–Crippen LogP) is 2.43. The van der Waals surface area contributed by atoms with Gasteiger partial charge in [0, 0.05) is 12.1 Å². The summed E-state index contributed by atoms with van der Waals surface area (Å²) in [7, 11) is 0. The van der Waals surface area contributed by atoms with Crippen LogP contribution >= 0.6 is 0 Å². The van der Waals surface area contributed by atoms with E-state index in [-0.39, 0.29) is 5.54 Å². The first kappa shape index (κ1) is 15.0. The molecule has 0 aromatic heterocycles. The highest BCUT2D eigenvalue weighted by Gasteiger charge is 2.12. The average molecular weight is 251 g/mol. The minimum absolute atomic E-state index is 0.0141. The smallest absolute Gasteiger partial charge is 0.122 e. The molecule has 0 heterocycles. The van der Waals surface area contributed by atoms with Crippen LogP contribution in [-0.4, -0.2) is 29.9 Å². The van der Waals surface area contributed by atoms with Gasteiger partial charge in [0.15, 0.2) is 0 Å². The van der Waals surface area contributed by atoms with Crippen molar-refractivity contribution >= 4 is 0 Å². The number of hydrogen-bond donors (Lipinski definition) is 2. The van der Waals surface area contributed by atoms with Crippen LogP contribution in [0.4, 0.5) is 0 Å². The molecule has 1 rings (SSSR count). The lowest BCUT2D eigenvalue weighted by Crippen LogP contribution is -2.42. The van der Waals surface area contributed by atoms with Gasteiger partial charge in [-0.25, -0.2) is 0 Å². The summed E-state index contributed by atoms with van der Waals surface area (Å²) >= 11 is 0. The lowest BCUT2D eigenvalue weighted by atomic mass is 10.1. The van der Waals surface area contributed by atoms with Gasteiger partial charge >= 0.3 is 0 Å². The number of aryl methyl sites for hydroxylation is 2. The van der Waals surface area contributed by atoms with E-state index >= 15 is 0 Å². The average Bonchev–Trinajstić information content (AvgIpc) is 2.26. The first-order valence-corrected chi connectivity index (χ1v) is 6.41. The second-order valence-electron chi connectivity index (χ2n) is 5.86. The highest BCUT2D eigenvalue weighted by atomic mass is 16.5. The first-order valence-electron chi connectivity index (χ1n) is 6.41. The third kappa shape index (κ3) is 5.52. The number of aliphatic hydroxyl groups excluding tert-OH is 1. The van der Waals surface area contributed by atoms with E-state index in [1.807, 2.05) is 26.0 Å². The van der Waals surface area contributed by atoms with Crippen LogP contribution in [0.1, 0.15) is 31.9 Å². The van der Waals surface area contributed by atoms with Gasteiger partial charge in [0.25, 0.3) is 0 Å². The number of nitrogens with one attached hydrogen (secondary N) is 1. The van der Waals surface area contributed by atoms with E-state index in [1.165, 1.54) is 0 Å². The molecule has 0 aliphatic heterocycles. The zero-order valence-corrected chi connectivity index (χ0v) is 12.1. The summed E-state index contributed by atoms with van der Waals surface area (Å²) in [6.45, 7) is 11.1. The Balaban J connectivity index is 2.42. The van der Waals surface area contributed by atoms with Crippen molar-refractivity contribution < 1.29 is 9.84 Å². The summed E-state index contributed by atoms with van der Waals surface area (Å²) in [4.78, 5) is 0. The quantitative estimate of drug-likeness (QED) is 0.844. The third-order valence-corrected chi connectivity index (χ3v) is 2.64. The molecule has 102 valence electrons. The van der Waals surface area contributed by atoms with E-state index in [0.717, 1.165) is 16.9 Å². The Morgan fingerprint density at radius 1 is 1.28 bits per heavy atom. The van der Waals surface area contributed by atoms with Crippen molar-refractivity contribution in [2.45, 2.75) is 46.3 Å². The number of hydrogen-bond acceptors (Lipinski definition) is 3. The number of ether oxygens (including phenoxy) is 1. The van der Waals surface area contributed by atoms with Gasteiger partial charge in [-0.1, -0.05) is 12.1 Å². The van der Waals surface area contributed by atoms with Gasteiger partial charge in [-0.3, -0.25) is 0 Å². The Hall–Kier alpha value is -1.06. The fourth-order valence-corrected chi connectivity index (χ4v) is 1.53. The van der Waals surface area contributed by atoms with Crippen molar-refractivity contribution in [2.24, 2.45) is 0 Å². The van der Waals surface area contributed by atoms with Crippen molar-refractivity contribution in [3.05, 3.63) is 29.3 Å². The molecule has 0 spiro atoms. The number of aliphatic hydroxyl groups is 1. The molecule has 0 radical (unpaired) electrons. The number of benzene rings is 1. The van der Waals surface area contributed by atoms with Gasteiger partial charge in [0.05, 0.1) is 0 Å². The van der Waals surface area contributed by atoms with Crippen LogP contribution in [0, 0.1) is 13.8 Å². The van der Waals surface area contributed by atoms with Crippen LogP contribution in [0.3, 0.4) is 0 Å². The van der Waals surface area contributed by atoms with E-state index in [0.29, 0.717) is 13.2 Å². The van der Waals surface area contributed by atoms with Gasteiger partial charge < -0.3 is 15.2 Å². The molecule has 2 N–H and O–H groups in total. The van der Waals surface area contributed by atoms with E-state index in [1.54, 1.807) is 0 Å². The fraction of sp³-hybridized carbons (Fsp3) is 0.600. The van der Waals surface area contributed by atoms with E-state index in [2.05, 4.69) is 32.2 Å². The highest BCUT2D eigenvalue weighted by Crippen LogP contribution is 2.19. The van der Waals surface area contributed by atoms with Crippen molar-refractivity contribution in [2.75, 3.05) is 13.2 Å². The molecular weight excluding hydrogens is 226 g/mol. The molecule has 0 saturated heterocycles. The minimum Gasteiger partial charge on any atom is -0.491 e. The molecular formula is C15H25NO2. The monoisotopic (exact) mass is 251 g/mol. The molecule has 0 aliphatic carbocycles. The molecule has 3 nitrogen and oxygen atoms in total. The standard InChI is InChI=1S/C15H25NO2/c1-11-6-7-12(2)14(8-11)18-10-13(17)9-16-15(3,4)5/h6-8,13,16-17H,9-10H2,1-5H3/t13-/m1/s1. The molecule has 1 aromatic carbocycles. The van der Waals surface area contributed by atoms with Crippen LogP contribution in [0.5, 0.6) is 5.75 Å². The predicted molar refractivity (Wildman–Crippen MR) is 75.2 cm³/mol. The van der Waals surface area contributed by atoms with Crippen molar-refractivity contribution in [1.29, 1.82) is 0 Å². The maximum Gasteiger partial charge on any atom is 0.122 e. The second-order valence-corrected chi connectivity index (χ2v) is 5.86. The largest absolute Gasteiger partial charge is 0.491 e. The molecule has 0 bridgehead atoms. The Labute approximate surface area is 110 Å². The highest BCUT2D eigenvalue weighted by molar-refractivity contribution is 5.35. The molecule has 0 fully saturated rings. The van der Waals surface area contributed by atoms with Gasteiger partial charge in [-0.05, 0) is 51.8 Å². The summed E-state index contributed by atoms with van der Waals surface area (Å²) in [5.74, 6) is 0.852. The van der Waals surface area contributed by atoms with Gasteiger partial charge in [0.2, 0.25) is 0 Å².